The first-order valence-corrected chi connectivity index (χ1v) is 9.92. The summed E-state index contributed by atoms with van der Waals surface area (Å²) in [6, 6.07) is 10.7. The van der Waals surface area contributed by atoms with Crippen LogP contribution in [0.3, 0.4) is 0 Å². The summed E-state index contributed by atoms with van der Waals surface area (Å²) in [5, 5.41) is 11.7. The van der Waals surface area contributed by atoms with E-state index in [4.69, 9.17) is 0 Å². The summed E-state index contributed by atoms with van der Waals surface area (Å²) in [6.07, 6.45) is 1.13. The van der Waals surface area contributed by atoms with Crippen molar-refractivity contribution in [3.05, 3.63) is 58.1 Å². The SMILES string of the molecule is CCN1NNc2c1ccc(C(CC(=O)O)c1ccc3c(c1)CN(C)CC3)c2C. The summed E-state index contributed by atoms with van der Waals surface area (Å²) >= 11 is 0. The predicted octanol–water partition coefficient (Wildman–Crippen LogP) is 3.26. The fourth-order valence-electron chi connectivity index (χ4n) is 4.42. The summed E-state index contributed by atoms with van der Waals surface area (Å²) in [4.78, 5) is 14.0. The van der Waals surface area contributed by atoms with Gasteiger partial charge in [0.25, 0.3) is 0 Å². The van der Waals surface area contributed by atoms with Gasteiger partial charge >= 0.3 is 5.97 Å². The van der Waals surface area contributed by atoms with E-state index in [9.17, 15) is 9.90 Å². The number of carbonyl (C=O) groups is 1. The monoisotopic (exact) mass is 380 g/mol. The van der Waals surface area contributed by atoms with Gasteiger partial charge in [-0.3, -0.25) is 9.80 Å². The Bertz CT molecular complexity index is 912. The quantitative estimate of drug-likeness (QED) is 0.740. The number of likely N-dealkylation sites (N-methyl/N-ethyl adjacent to an activating group) is 1. The minimum Gasteiger partial charge on any atom is -0.481 e. The second-order valence-electron chi connectivity index (χ2n) is 7.82. The molecule has 0 saturated heterocycles. The summed E-state index contributed by atoms with van der Waals surface area (Å²) in [5.41, 5.74) is 14.5. The zero-order valence-corrected chi connectivity index (χ0v) is 16.7. The second-order valence-corrected chi connectivity index (χ2v) is 7.82. The molecule has 148 valence electrons. The minimum atomic E-state index is -0.777. The summed E-state index contributed by atoms with van der Waals surface area (Å²) in [5.74, 6) is -0.946. The van der Waals surface area contributed by atoms with Crippen LogP contribution in [0.25, 0.3) is 0 Å². The van der Waals surface area contributed by atoms with Crippen molar-refractivity contribution in [2.75, 3.05) is 30.6 Å². The maximum absolute atomic E-state index is 11.7. The fraction of sp³-hybridized carbons (Fsp3) is 0.409. The highest BCUT2D eigenvalue weighted by Crippen LogP contribution is 2.40. The highest BCUT2D eigenvalue weighted by Gasteiger charge is 2.26. The zero-order chi connectivity index (χ0) is 19.8. The normalized spacial score (nSPS) is 17.0. The van der Waals surface area contributed by atoms with Crippen molar-refractivity contribution in [1.82, 2.24) is 10.4 Å². The van der Waals surface area contributed by atoms with Crippen molar-refractivity contribution in [2.45, 2.75) is 39.2 Å². The highest BCUT2D eigenvalue weighted by molar-refractivity contribution is 5.79. The maximum Gasteiger partial charge on any atom is 0.304 e. The van der Waals surface area contributed by atoms with Gasteiger partial charge in [-0.1, -0.05) is 24.3 Å². The lowest BCUT2D eigenvalue weighted by Gasteiger charge is -2.27. The van der Waals surface area contributed by atoms with Gasteiger partial charge in [0.05, 0.1) is 17.8 Å². The smallest absolute Gasteiger partial charge is 0.304 e. The van der Waals surface area contributed by atoms with Gasteiger partial charge in [-0.15, -0.1) is 5.53 Å². The molecule has 6 heteroatoms. The number of hydrogen-bond acceptors (Lipinski definition) is 5. The molecule has 0 fully saturated rings. The highest BCUT2D eigenvalue weighted by atomic mass is 16.4. The average molecular weight is 380 g/mol. The van der Waals surface area contributed by atoms with Gasteiger partial charge in [0.1, 0.15) is 0 Å². The van der Waals surface area contributed by atoms with Crippen LogP contribution in [0.15, 0.2) is 30.3 Å². The van der Waals surface area contributed by atoms with Crippen LogP contribution in [0.5, 0.6) is 0 Å². The van der Waals surface area contributed by atoms with Crippen molar-refractivity contribution in [3.63, 3.8) is 0 Å². The number of nitrogens with zero attached hydrogens (tertiary/aromatic N) is 2. The third-order valence-corrected chi connectivity index (χ3v) is 6.00. The molecule has 2 aliphatic heterocycles. The maximum atomic E-state index is 11.7. The van der Waals surface area contributed by atoms with Crippen molar-refractivity contribution >= 4 is 17.3 Å². The first-order valence-electron chi connectivity index (χ1n) is 9.92. The molecule has 0 bridgehead atoms. The number of carboxylic acids is 1. The van der Waals surface area contributed by atoms with E-state index >= 15 is 0 Å². The van der Waals surface area contributed by atoms with Crippen LogP contribution >= 0.6 is 0 Å². The van der Waals surface area contributed by atoms with Crippen molar-refractivity contribution in [1.29, 1.82) is 0 Å². The molecule has 1 atom stereocenters. The van der Waals surface area contributed by atoms with Crippen LogP contribution < -0.4 is 16.0 Å². The molecule has 0 aliphatic carbocycles. The number of fused-ring (bicyclic) bond motifs is 2. The van der Waals surface area contributed by atoms with Crippen molar-refractivity contribution in [2.24, 2.45) is 0 Å². The minimum absolute atomic E-state index is 0.0825. The fourth-order valence-corrected chi connectivity index (χ4v) is 4.42. The van der Waals surface area contributed by atoms with Crippen molar-refractivity contribution < 1.29 is 9.90 Å². The Morgan fingerprint density at radius 2 is 2.07 bits per heavy atom. The molecule has 6 nitrogen and oxygen atoms in total. The van der Waals surface area contributed by atoms with Crippen LogP contribution in [0.4, 0.5) is 11.4 Å². The number of anilines is 2. The van der Waals surface area contributed by atoms with Gasteiger partial charge in [0.15, 0.2) is 0 Å². The summed E-state index contributed by atoms with van der Waals surface area (Å²) in [7, 11) is 2.13. The molecule has 3 N–H and O–H groups in total. The van der Waals surface area contributed by atoms with Crippen molar-refractivity contribution in [3.8, 4) is 0 Å². The van der Waals surface area contributed by atoms with E-state index in [0.717, 1.165) is 54.1 Å². The number of carboxylic acid groups (broad SMARTS) is 1. The van der Waals surface area contributed by atoms with Gasteiger partial charge in [-0.05, 0) is 61.2 Å². The van der Waals surface area contributed by atoms with E-state index < -0.39 is 5.97 Å². The Morgan fingerprint density at radius 3 is 2.82 bits per heavy atom. The number of aliphatic carboxylic acids is 1. The van der Waals surface area contributed by atoms with Gasteiger partial charge < -0.3 is 15.4 Å². The zero-order valence-electron chi connectivity index (χ0n) is 16.7. The van der Waals surface area contributed by atoms with Crippen LogP contribution in [0.1, 0.15) is 47.1 Å². The lowest BCUT2D eigenvalue weighted by atomic mass is 9.83. The Morgan fingerprint density at radius 1 is 1.25 bits per heavy atom. The molecule has 28 heavy (non-hydrogen) atoms. The van der Waals surface area contributed by atoms with E-state index in [-0.39, 0.29) is 12.3 Å². The summed E-state index contributed by atoms with van der Waals surface area (Å²) < 4.78 is 0. The molecule has 0 radical (unpaired) electrons. The van der Waals surface area contributed by atoms with Crippen LogP contribution in [0, 0.1) is 6.92 Å². The molecular formula is C22H28N4O2. The summed E-state index contributed by atoms with van der Waals surface area (Å²) in [6.45, 7) is 6.99. The topological polar surface area (TPSA) is 67.8 Å². The predicted molar refractivity (Wildman–Crippen MR) is 112 cm³/mol. The average Bonchev–Trinajstić information content (AvgIpc) is 3.10. The first kappa shape index (κ1) is 18.8. The van der Waals surface area contributed by atoms with Crippen LogP contribution in [0.2, 0.25) is 0 Å². The molecular weight excluding hydrogens is 352 g/mol. The molecule has 2 aromatic carbocycles. The van der Waals surface area contributed by atoms with Gasteiger partial charge in [0, 0.05) is 25.6 Å². The largest absolute Gasteiger partial charge is 0.481 e. The lowest BCUT2D eigenvalue weighted by Crippen LogP contribution is -2.35. The Labute approximate surface area is 166 Å². The van der Waals surface area contributed by atoms with Crippen LogP contribution in [-0.2, 0) is 17.8 Å². The molecule has 4 rings (SSSR count). The number of hydrazine groups is 2. The molecule has 2 aromatic rings. The third kappa shape index (κ3) is 3.34. The van der Waals surface area contributed by atoms with Gasteiger partial charge in [-0.2, -0.15) is 0 Å². The second kappa shape index (κ2) is 7.45. The molecule has 0 spiro atoms. The number of benzene rings is 2. The molecule has 0 saturated carbocycles. The van der Waals surface area contributed by atoms with Gasteiger partial charge in [0.2, 0.25) is 0 Å². The number of rotatable bonds is 5. The van der Waals surface area contributed by atoms with E-state index in [2.05, 4.69) is 67.1 Å². The number of hydrogen-bond donors (Lipinski definition) is 3. The Hall–Kier alpha value is -2.57. The Balaban J connectivity index is 1.76. The van der Waals surface area contributed by atoms with E-state index in [0.29, 0.717) is 0 Å². The van der Waals surface area contributed by atoms with E-state index in [1.165, 1.54) is 11.1 Å². The molecule has 1 unspecified atom stereocenters. The van der Waals surface area contributed by atoms with Crippen LogP contribution in [-0.4, -0.2) is 36.1 Å². The first-order chi connectivity index (χ1) is 13.5. The van der Waals surface area contributed by atoms with Gasteiger partial charge in [-0.25, -0.2) is 0 Å². The molecule has 2 heterocycles. The standard InChI is InChI=1S/C22H28N4O2/c1-4-26-20-8-7-18(14(2)22(20)23-24-26)19(12-21(27)28)16-6-5-15-9-10-25(3)13-17(15)11-16/h5-8,11,19,23-24H,4,9-10,12-13H2,1-3H3,(H,27,28). The molecule has 2 aliphatic rings. The lowest BCUT2D eigenvalue weighted by molar-refractivity contribution is -0.137. The van der Waals surface area contributed by atoms with E-state index in [1.807, 2.05) is 5.01 Å². The molecule has 0 amide bonds. The number of nitrogens with one attached hydrogen (secondary N) is 2. The third-order valence-electron chi connectivity index (χ3n) is 6.00. The Kier molecular flexibility index (Phi) is 5.00. The molecule has 0 aromatic heterocycles. The van der Waals surface area contributed by atoms with E-state index in [1.54, 1.807) is 0 Å².